The molecular formula is C15H11ClN2. The number of nitrogens with zero attached hydrogens (tertiary/aromatic N) is 1. The zero-order chi connectivity index (χ0) is 12.4. The number of hydrogen-bond acceptors (Lipinski definition) is 1. The highest BCUT2D eigenvalue weighted by Gasteiger charge is 2.05. The van der Waals surface area contributed by atoms with Gasteiger partial charge in [-0.3, -0.25) is 0 Å². The van der Waals surface area contributed by atoms with E-state index in [1.807, 2.05) is 60.8 Å². The summed E-state index contributed by atoms with van der Waals surface area (Å²) >= 11 is 5.87. The number of rotatable bonds is 2. The molecule has 1 aromatic heterocycles. The van der Waals surface area contributed by atoms with E-state index in [1.165, 1.54) is 0 Å². The molecule has 0 atom stereocenters. The first-order chi connectivity index (χ1) is 8.83. The molecule has 0 aliphatic rings. The maximum Gasteiger partial charge on any atom is 0.138 e. The molecule has 3 heteroatoms. The van der Waals surface area contributed by atoms with E-state index in [1.54, 1.807) is 0 Å². The molecule has 0 aliphatic carbocycles. The Labute approximate surface area is 110 Å². The zero-order valence-electron chi connectivity index (χ0n) is 9.60. The second-order valence-corrected chi connectivity index (χ2v) is 4.44. The lowest BCUT2D eigenvalue weighted by Gasteiger charge is -1.96. The van der Waals surface area contributed by atoms with Gasteiger partial charge in [-0.15, -0.1) is 0 Å². The molecular weight excluding hydrogens is 244 g/mol. The third-order valence-electron chi connectivity index (χ3n) is 2.77. The largest absolute Gasteiger partial charge is 0.344 e. The number of aromatic amines is 1. The van der Waals surface area contributed by atoms with Crippen LogP contribution in [0, 0.1) is 0 Å². The van der Waals surface area contributed by atoms with Crippen LogP contribution < -0.4 is 0 Å². The molecule has 0 amide bonds. The highest BCUT2D eigenvalue weighted by molar-refractivity contribution is 6.30. The number of nitrogens with one attached hydrogen (secondary N) is 1. The van der Waals surface area contributed by atoms with Gasteiger partial charge in [0, 0.05) is 22.3 Å². The van der Waals surface area contributed by atoms with Crippen LogP contribution in [-0.4, -0.2) is 9.97 Å². The number of benzene rings is 2. The third kappa shape index (κ3) is 2.15. The molecule has 18 heavy (non-hydrogen) atoms. The van der Waals surface area contributed by atoms with Gasteiger partial charge in [0.05, 0.1) is 5.69 Å². The summed E-state index contributed by atoms with van der Waals surface area (Å²) in [6.45, 7) is 0. The maximum absolute atomic E-state index is 5.87. The van der Waals surface area contributed by atoms with Crippen LogP contribution in [0.1, 0.15) is 0 Å². The number of aromatic nitrogens is 2. The summed E-state index contributed by atoms with van der Waals surface area (Å²) in [4.78, 5) is 7.77. The molecule has 1 N–H and O–H groups in total. The lowest BCUT2D eigenvalue weighted by Crippen LogP contribution is -1.80. The number of H-pyrrole nitrogens is 1. The molecule has 0 saturated carbocycles. The Morgan fingerprint density at radius 1 is 0.833 bits per heavy atom. The van der Waals surface area contributed by atoms with Crippen molar-refractivity contribution in [1.29, 1.82) is 0 Å². The second-order valence-electron chi connectivity index (χ2n) is 4.01. The van der Waals surface area contributed by atoms with Crippen molar-refractivity contribution in [3.63, 3.8) is 0 Å². The lowest BCUT2D eigenvalue weighted by atomic mass is 10.2. The Kier molecular flexibility index (Phi) is 2.87. The summed E-state index contributed by atoms with van der Waals surface area (Å²) in [6.07, 6.45) is 1.91. The molecule has 0 radical (unpaired) electrons. The Morgan fingerprint density at radius 3 is 2.28 bits per heavy atom. The second kappa shape index (κ2) is 4.67. The quantitative estimate of drug-likeness (QED) is 0.722. The van der Waals surface area contributed by atoms with E-state index in [4.69, 9.17) is 11.6 Å². The number of halogens is 1. The summed E-state index contributed by atoms with van der Waals surface area (Å²) in [5.74, 6) is 0.876. The fourth-order valence-corrected chi connectivity index (χ4v) is 1.96. The normalized spacial score (nSPS) is 10.5. The van der Waals surface area contributed by atoms with Crippen molar-refractivity contribution in [3.05, 3.63) is 65.8 Å². The van der Waals surface area contributed by atoms with E-state index in [0.717, 1.165) is 27.7 Å². The van der Waals surface area contributed by atoms with Crippen LogP contribution >= 0.6 is 11.6 Å². The predicted molar refractivity (Wildman–Crippen MR) is 74.5 cm³/mol. The minimum absolute atomic E-state index is 0.734. The molecule has 88 valence electrons. The Morgan fingerprint density at radius 2 is 1.56 bits per heavy atom. The van der Waals surface area contributed by atoms with Crippen molar-refractivity contribution in [2.24, 2.45) is 0 Å². The van der Waals surface area contributed by atoms with Gasteiger partial charge in [0.15, 0.2) is 0 Å². The van der Waals surface area contributed by atoms with Crippen LogP contribution in [0.3, 0.4) is 0 Å². The van der Waals surface area contributed by atoms with Gasteiger partial charge in [-0.1, -0.05) is 54.1 Å². The van der Waals surface area contributed by atoms with E-state index in [2.05, 4.69) is 9.97 Å². The smallest absolute Gasteiger partial charge is 0.138 e. The van der Waals surface area contributed by atoms with Crippen molar-refractivity contribution in [2.75, 3.05) is 0 Å². The molecule has 3 aromatic rings. The van der Waals surface area contributed by atoms with Crippen molar-refractivity contribution < 1.29 is 0 Å². The fourth-order valence-electron chi connectivity index (χ4n) is 1.83. The topological polar surface area (TPSA) is 28.7 Å². The molecule has 0 fully saturated rings. The van der Waals surface area contributed by atoms with E-state index >= 15 is 0 Å². The van der Waals surface area contributed by atoms with Gasteiger partial charge in [-0.2, -0.15) is 0 Å². The molecule has 0 spiro atoms. The van der Waals surface area contributed by atoms with Gasteiger partial charge in [0.25, 0.3) is 0 Å². The van der Waals surface area contributed by atoms with Crippen molar-refractivity contribution >= 4 is 11.6 Å². The van der Waals surface area contributed by atoms with Crippen LogP contribution in [0.2, 0.25) is 5.02 Å². The Hall–Kier alpha value is -2.06. The van der Waals surface area contributed by atoms with Crippen molar-refractivity contribution in [3.8, 4) is 22.6 Å². The van der Waals surface area contributed by atoms with E-state index in [-0.39, 0.29) is 0 Å². The summed E-state index contributed by atoms with van der Waals surface area (Å²) < 4.78 is 0. The first kappa shape index (κ1) is 11.1. The summed E-state index contributed by atoms with van der Waals surface area (Å²) in [7, 11) is 0. The summed E-state index contributed by atoms with van der Waals surface area (Å²) in [5.41, 5.74) is 3.06. The van der Waals surface area contributed by atoms with E-state index in [9.17, 15) is 0 Å². The maximum atomic E-state index is 5.87. The summed E-state index contributed by atoms with van der Waals surface area (Å²) in [5, 5.41) is 0.734. The fraction of sp³-hybridized carbons (Fsp3) is 0. The van der Waals surface area contributed by atoms with Crippen molar-refractivity contribution in [1.82, 2.24) is 9.97 Å². The van der Waals surface area contributed by atoms with Crippen LogP contribution in [0.15, 0.2) is 60.8 Å². The average Bonchev–Trinajstić information content (AvgIpc) is 2.90. The molecule has 0 unspecified atom stereocenters. The molecule has 0 aliphatic heterocycles. The van der Waals surface area contributed by atoms with Crippen molar-refractivity contribution in [2.45, 2.75) is 0 Å². The first-order valence-electron chi connectivity index (χ1n) is 5.70. The Balaban J connectivity index is 1.97. The molecule has 0 bridgehead atoms. The highest BCUT2D eigenvalue weighted by atomic mass is 35.5. The van der Waals surface area contributed by atoms with E-state index < -0.39 is 0 Å². The molecule has 2 aromatic carbocycles. The highest BCUT2D eigenvalue weighted by Crippen LogP contribution is 2.23. The number of hydrogen-bond donors (Lipinski definition) is 1. The molecule has 3 rings (SSSR count). The zero-order valence-corrected chi connectivity index (χ0v) is 10.4. The first-order valence-corrected chi connectivity index (χ1v) is 6.07. The number of imidazole rings is 1. The van der Waals surface area contributed by atoms with Crippen LogP contribution in [0.4, 0.5) is 0 Å². The van der Waals surface area contributed by atoms with Gasteiger partial charge in [-0.25, -0.2) is 4.98 Å². The molecule has 2 nitrogen and oxygen atoms in total. The van der Waals surface area contributed by atoms with Gasteiger partial charge >= 0.3 is 0 Å². The molecule has 0 saturated heterocycles. The van der Waals surface area contributed by atoms with Crippen LogP contribution in [0.5, 0.6) is 0 Å². The minimum Gasteiger partial charge on any atom is -0.344 e. The van der Waals surface area contributed by atoms with Gasteiger partial charge in [0.2, 0.25) is 0 Å². The summed E-state index contributed by atoms with van der Waals surface area (Å²) in [6, 6.07) is 17.7. The van der Waals surface area contributed by atoms with Crippen LogP contribution in [-0.2, 0) is 0 Å². The lowest BCUT2D eigenvalue weighted by molar-refractivity contribution is 1.31. The minimum atomic E-state index is 0.734. The van der Waals surface area contributed by atoms with E-state index in [0.29, 0.717) is 0 Å². The van der Waals surface area contributed by atoms with Crippen LogP contribution in [0.25, 0.3) is 22.6 Å². The monoisotopic (exact) mass is 254 g/mol. The van der Waals surface area contributed by atoms with Gasteiger partial charge < -0.3 is 4.98 Å². The third-order valence-corrected chi connectivity index (χ3v) is 3.02. The Bertz CT molecular complexity index is 642. The van der Waals surface area contributed by atoms with Gasteiger partial charge in [0.1, 0.15) is 5.82 Å². The average molecular weight is 255 g/mol. The SMILES string of the molecule is Clc1ccc(-c2c[nH]c(-c3ccccc3)n2)cc1. The standard InChI is InChI=1S/C15H11ClN2/c16-13-8-6-11(7-9-13)14-10-17-15(18-14)12-4-2-1-3-5-12/h1-10H,(H,17,18). The predicted octanol–water partition coefficient (Wildman–Crippen LogP) is 4.40. The van der Waals surface area contributed by atoms with Gasteiger partial charge in [-0.05, 0) is 12.1 Å². The molecule has 1 heterocycles.